The van der Waals surface area contributed by atoms with Crippen LogP contribution in [0.2, 0.25) is 0 Å². The lowest BCUT2D eigenvalue weighted by Gasteiger charge is -2.06. The first-order valence-corrected chi connectivity index (χ1v) is 9.27. The zero-order valence-electron chi connectivity index (χ0n) is 15.3. The lowest BCUT2D eigenvalue weighted by Crippen LogP contribution is -2.01. The molecule has 1 aromatic heterocycles. The highest BCUT2D eigenvalue weighted by molar-refractivity contribution is 7.71. The van der Waals surface area contributed by atoms with Crippen LogP contribution in [0.3, 0.4) is 0 Å². The maximum Gasteiger partial charge on any atom is 0.216 e. The van der Waals surface area contributed by atoms with Crippen molar-refractivity contribution in [1.29, 1.82) is 0 Å². The van der Waals surface area contributed by atoms with Gasteiger partial charge in [-0.1, -0.05) is 66.2 Å². The Hall–Kier alpha value is -3.05. The van der Waals surface area contributed by atoms with Crippen molar-refractivity contribution in [3.05, 3.63) is 93.5 Å². The van der Waals surface area contributed by atoms with Gasteiger partial charge in [-0.05, 0) is 53.5 Å². The third-order valence-corrected chi connectivity index (χ3v) is 4.95. The number of aromatic nitrogens is 3. The van der Waals surface area contributed by atoms with E-state index >= 15 is 0 Å². The van der Waals surface area contributed by atoms with Gasteiger partial charge < -0.3 is 0 Å². The summed E-state index contributed by atoms with van der Waals surface area (Å²) in [7, 11) is 0. The number of fused-ring (bicyclic) bond motifs is 1. The van der Waals surface area contributed by atoms with Crippen molar-refractivity contribution in [1.82, 2.24) is 14.9 Å². The molecule has 0 bridgehead atoms. The van der Waals surface area contributed by atoms with Crippen LogP contribution in [0.5, 0.6) is 0 Å². The maximum atomic E-state index is 5.39. The van der Waals surface area contributed by atoms with E-state index in [-0.39, 0.29) is 0 Å². The molecule has 1 heterocycles. The van der Waals surface area contributed by atoms with E-state index in [4.69, 9.17) is 12.2 Å². The molecule has 0 unspecified atom stereocenters. The Morgan fingerprint density at radius 1 is 1.07 bits per heavy atom. The summed E-state index contributed by atoms with van der Waals surface area (Å²) in [5.41, 5.74) is 4.69. The molecule has 4 aromatic rings. The number of H-pyrrole nitrogens is 1. The molecule has 0 aliphatic rings. The van der Waals surface area contributed by atoms with E-state index in [0.29, 0.717) is 11.2 Å². The van der Waals surface area contributed by atoms with Crippen molar-refractivity contribution < 1.29 is 0 Å². The summed E-state index contributed by atoms with van der Waals surface area (Å²) in [5, 5.41) is 14.3. The highest BCUT2D eigenvalue weighted by Gasteiger charge is 2.09. The molecule has 4 rings (SSSR count). The highest BCUT2D eigenvalue weighted by atomic mass is 32.1. The molecule has 0 aliphatic heterocycles. The van der Waals surface area contributed by atoms with E-state index in [2.05, 4.69) is 89.8 Å². The Morgan fingerprint density at radius 2 is 1.89 bits per heavy atom. The molecular formula is C22H20N4S. The van der Waals surface area contributed by atoms with Crippen molar-refractivity contribution in [3.8, 4) is 0 Å². The second kappa shape index (κ2) is 7.29. The SMILES string of the molecule is Cc1ccc(/C=N\n2c(Cc3cccc4ccccc34)n[nH]c2=S)c(C)c1. The van der Waals surface area contributed by atoms with Gasteiger partial charge in [0.2, 0.25) is 4.77 Å². The molecule has 0 radical (unpaired) electrons. The largest absolute Gasteiger partial charge is 0.250 e. The quantitative estimate of drug-likeness (QED) is 0.396. The Morgan fingerprint density at radius 3 is 2.74 bits per heavy atom. The number of nitrogens with zero attached hydrogens (tertiary/aromatic N) is 3. The van der Waals surface area contributed by atoms with Crippen LogP contribution < -0.4 is 0 Å². The topological polar surface area (TPSA) is 46.0 Å². The third-order valence-electron chi connectivity index (χ3n) is 4.68. The van der Waals surface area contributed by atoms with Crippen molar-refractivity contribution in [3.63, 3.8) is 0 Å². The van der Waals surface area contributed by atoms with Gasteiger partial charge in [0.05, 0.1) is 6.21 Å². The lowest BCUT2D eigenvalue weighted by molar-refractivity contribution is 0.793. The van der Waals surface area contributed by atoms with Crippen LogP contribution in [-0.2, 0) is 6.42 Å². The van der Waals surface area contributed by atoms with Crippen molar-refractivity contribution in [2.45, 2.75) is 20.3 Å². The summed E-state index contributed by atoms with van der Waals surface area (Å²) in [4.78, 5) is 0. The molecule has 0 amide bonds. The average molecular weight is 372 g/mol. The normalized spacial score (nSPS) is 11.5. The first kappa shape index (κ1) is 17.4. The van der Waals surface area contributed by atoms with Crippen LogP contribution in [0.1, 0.15) is 28.1 Å². The molecule has 0 fully saturated rings. The van der Waals surface area contributed by atoms with Crippen LogP contribution in [-0.4, -0.2) is 21.1 Å². The number of benzene rings is 3. The molecule has 0 atom stereocenters. The summed E-state index contributed by atoms with van der Waals surface area (Å²) in [6.07, 6.45) is 2.49. The van der Waals surface area contributed by atoms with Gasteiger partial charge in [-0.25, -0.2) is 0 Å². The Bertz CT molecular complexity index is 1200. The second-order valence-electron chi connectivity index (χ2n) is 6.68. The number of hydrogen-bond acceptors (Lipinski definition) is 3. The summed E-state index contributed by atoms with van der Waals surface area (Å²) in [6.45, 7) is 4.17. The smallest absolute Gasteiger partial charge is 0.216 e. The maximum absolute atomic E-state index is 5.39. The molecule has 4 nitrogen and oxygen atoms in total. The number of nitrogens with one attached hydrogen (secondary N) is 1. The average Bonchev–Trinajstić information content (AvgIpc) is 3.01. The minimum absolute atomic E-state index is 0.492. The lowest BCUT2D eigenvalue weighted by atomic mass is 10.0. The van der Waals surface area contributed by atoms with E-state index in [1.807, 2.05) is 6.21 Å². The standard InChI is InChI=1S/C22H20N4S/c1-15-10-11-19(16(2)12-15)14-23-26-21(24-25-22(26)27)13-18-8-5-7-17-6-3-4-9-20(17)18/h3-12,14H,13H2,1-2H3,(H,25,27)/b23-14-. The van der Waals surface area contributed by atoms with Gasteiger partial charge in [0.1, 0.15) is 0 Å². The number of hydrogen-bond donors (Lipinski definition) is 1. The fraction of sp³-hybridized carbons (Fsp3) is 0.136. The van der Waals surface area contributed by atoms with Gasteiger partial charge in [0.15, 0.2) is 5.82 Å². The minimum Gasteiger partial charge on any atom is -0.250 e. The molecule has 134 valence electrons. The van der Waals surface area contributed by atoms with Crippen LogP contribution in [0.15, 0.2) is 65.8 Å². The molecule has 0 saturated heterocycles. The van der Waals surface area contributed by atoms with Gasteiger partial charge in [-0.2, -0.15) is 14.9 Å². The van der Waals surface area contributed by atoms with Crippen LogP contribution in [0, 0.1) is 18.6 Å². The summed E-state index contributed by atoms with van der Waals surface area (Å²) in [5.74, 6) is 0.789. The zero-order chi connectivity index (χ0) is 18.8. The fourth-order valence-corrected chi connectivity index (χ4v) is 3.46. The van der Waals surface area contributed by atoms with Gasteiger partial charge >= 0.3 is 0 Å². The Balaban J connectivity index is 1.70. The van der Waals surface area contributed by atoms with Gasteiger partial charge in [-0.15, -0.1) is 0 Å². The van der Waals surface area contributed by atoms with E-state index in [0.717, 1.165) is 11.4 Å². The molecular weight excluding hydrogens is 352 g/mol. The molecule has 0 aliphatic carbocycles. The highest BCUT2D eigenvalue weighted by Crippen LogP contribution is 2.21. The van der Waals surface area contributed by atoms with E-state index in [1.54, 1.807) is 4.68 Å². The van der Waals surface area contributed by atoms with Crippen LogP contribution >= 0.6 is 12.2 Å². The van der Waals surface area contributed by atoms with E-state index in [1.165, 1.54) is 27.5 Å². The molecule has 0 spiro atoms. The number of aromatic amines is 1. The van der Waals surface area contributed by atoms with E-state index in [9.17, 15) is 0 Å². The molecule has 1 N–H and O–H groups in total. The number of rotatable bonds is 4. The van der Waals surface area contributed by atoms with Crippen LogP contribution in [0.25, 0.3) is 10.8 Å². The predicted octanol–water partition coefficient (Wildman–Crippen LogP) is 5.18. The first-order chi connectivity index (χ1) is 13.1. The fourth-order valence-electron chi connectivity index (χ4n) is 3.27. The van der Waals surface area contributed by atoms with Gasteiger partial charge in [0.25, 0.3) is 0 Å². The summed E-state index contributed by atoms with van der Waals surface area (Å²) < 4.78 is 2.20. The third kappa shape index (κ3) is 3.59. The monoisotopic (exact) mass is 372 g/mol. The molecule has 5 heteroatoms. The van der Waals surface area contributed by atoms with Crippen molar-refractivity contribution >= 4 is 29.2 Å². The molecule has 27 heavy (non-hydrogen) atoms. The molecule has 0 saturated carbocycles. The second-order valence-corrected chi connectivity index (χ2v) is 7.06. The summed E-state index contributed by atoms with van der Waals surface area (Å²) in [6, 6.07) is 21.0. The van der Waals surface area contributed by atoms with Gasteiger partial charge in [0, 0.05) is 6.42 Å². The van der Waals surface area contributed by atoms with Gasteiger partial charge in [-0.3, -0.25) is 5.10 Å². The first-order valence-electron chi connectivity index (χ1n) is 8.86. The van der Waals surface area contributed by atoms with Crippen LogP contribution in [0.4, 0.5) is 0 Å². The zero-order valence-corrected chi connectivity index (χ0v) is 16.1. The van der Waals surface area contributed by atoms with Crippen molar-refractivity contribution in [2.75, 3.05) is 0 Å². The Labute approximate surface area is 163 Å². The van der Waals surface area contributed by atoms with Crippen molar-refractivity contribution in [2.24, 2.45) is 5.10 Å². The molecule has 3 aromatic carbocycles. The Kier molecular flexibility index (Phi) is 4.69. The summed E-state index contributed by atoms with van der Waals surface area (Å²) >= 11 is 5.39. The van der Waals surface area contributed by atoms with E-state index < -0.39 is 0 Å². The number of aryl methyl sites for hydroxylation is 2. The predicted molar refractivity (Wildman–Crippen MR) is 113 cm³/mol. The minimum atomic E-state index is 0.492.